The van der Waals surface area contributed by atoms with Crippen LogP contribution < -0.4 is 0 Å². The lowest BCUT2D eigenvalue weighted by Crippen LogP contribution is -2.50. The van der Waals surface area contributed by atoms with Gasteiger partial charge >= 0.3 is 12.2 Å². The first kappa shape index (κ1) is 27.4. The van der Waals surface area contributed by atoms with Crippen molar-refractivity contribution in [1.82, 2.24) is 19.6 Å². The van der Waals surface area contributed by atoms with E-state index in [2.05, 4.69) is 0 Å². The Morgan fingerprint density at radius 2 is 0.950 bits per heavy atom. The number of fused-ring (bicyclic) bond motifs is 2. The fourth-order valence-electron chi connectivity index (χ4n) is 5.24. The van der Waals surface area contributed by atoms with Gasteiger partial charge in [0.05, 0.1) is 13.2 Å². The maximum Gasteiger partial charge on any atom is 0.409 e. The number of ether oxygens (including phenoxy) is 2. The Kier molecular flexibility index (Phi) is 7.59. The molecule has 2 aliphatic rings. The molecule has 0 unspecified atom stereocenters. The Hall–Kier alpha value is -4.22. The number of aryl methyl sites for hydroxylation is 2. The summed E-state index contributed by atoms with van der Waals surface area (Å²) in [7, 11) is 0. The summed E-state index contributed by atoms with van der Waals surface area (Å²) < 4.78 is 22.2. The third-order valence-electron chi connectivity index (χ3n) is 7.57. The van der Waals surface area contributed by atoms with Crippen LogP contribution in [0.5, 0.6) is 0 Å². The number of rotatable bonds is 4. The molecule has 3 aromatic rings. The second kappa shape index (κ2) is 11.1. The van der Waals surface area contributed by atoms with Crippen molar-refractivity contribution in [3.05, 3.63) is 34.8 Å². The Balaban J connectivity index is 1.32. The van der Waals surface area contributed by atoms with Crippen molar-refractivity contribution in [3.8, 4) is 0 Å². The zero-order valence-corrected chi connectivity index (χ0v) is 23.3. The van der Waals surface area contributed by atoms with E-state index in [9.17, 15) is 19.2 Å². The summed E-state index contributed by atoms with van der Waals surface area (Å²) in [4.78, 5) is 57.1. The van der Waals surface area contributed by atoms with Crippen LogP contribution in [0, 0.1) is 13.8 Å². The molecule has 214 valence electrons. The van der Waals surface area contributed by atoms with Crippen molar-refractivity contribution in [2.75, 3.05) is 65.6 Å². The quantitative estimate of drug-likeness (QED) is 0.479. The molecule has 4 heterocycles. The van der Waals surface area contributed by atoms with Gasteiger partial charge in [0, 0.05) is 74.3 Å². The SMILES string of the molecule is CCOC(=O)N1CCN(C(=O)c2oc3cc4c(C)c(C(=O)N5CCN(C(=O)OCC)CC5)oc4cc3c2C)CC1. The van der Waals surface area contributed by atoms with Gasteiger partial charge in [-0.15, -0.1) is 0 Å². The molecule has 2 saturated heterocycles. The average molecular weight is 555 g/mol. The monoisotopic (exact) mass is 554 g/mol. The van der Waals surface area contributed by atoms with Gasteiger partial charge in [0.25, 0.3) is 11.8 Å². The number of piperazine rings is 2. The van der Waals surface area contributed by atoms with E-state index in [1.54, 1.807) is 45.6 Å². The first-order chi connectivity index (χ1) is 19.2. The fraction of sp³-hybridized carbons (Fsp3) is 0.500. The summed E-state index contributed by atoms with van der Waals surface area (Å²) >= 11 is 0. The molecule has 4 amide bonds. The maximum atomic E-state index is 13.3. The molecule has 0 saturated carbocycles. The highest BCUT2D eigenvalue weighted by molar-refractivity contribution is 6.05. The number of benzene rings is 1. The van der Waals surface area contributed by atoms with E-state index in [0.717, 1.165) is 10.8 Å². The van der Waals surface area contributed by atoms with Gasteiger partial charge in [-0.1, -0.05) is 0 Å². The van der Waals surface area contributed by atoms with Crippen LogP contribution >= 0.6 is 0 Å². The highest BCUT2D eigenvalue weighted by atomic mass is 16.6. The van der Waals surface area contributed by atoms with Gasteiger partial charge in [-0.25, -0.2) is 9.59 Å². The largest absolute Gasteiger partial charge is 0.451 e. The van der Waals surface area contributed by atoms with Crippen molar-refractivity contribution in [2.24, 2.45) is 0 Å². The summed E-state index contributed by atoms with van der Waals surface area (Å²) in [6, 6.07) is 3.61. The van der Waals surface area contributed by atoms with Gasteiger partial charge in [0.1, 0.15) is 11.2 Å². The minimum atomic E-state index is -0.371. The van der Waals surface area contributed by atoms with Crippen LogP contribution in [0.4, 0.5) is 9.59 Å². The molecule has 40 heavy (non-hydrogen) atoms. The number of nitrogens with zero attached hydrogens (tertiary/aromatic N) is 4. The van der Waals surface area contributed by atoms with Gasteiger partial charge in [-0.3, -0.25) is 9.59 Å². The second-order valence-corrected chi connectivity index (χ2v) is 9.91. The molecule has 0 aliphatic carbocycles. The van der Waals surface area contributed by atoms with E-state index in [1.807, 2.05) is 13.8 Å². The van der Waals surface area contributed by atoms with Gasteiger partial charge in [-0.2, -0.15) is 0 Å². The van der Waals surface area contributed by atoms with Crippen LogP contribution in [0.2, 0.25) is 0 Å². The lowest BCUT2D eigenvalue weighted by Gasteiger charge is -2.33. The number of carbonyl (C=O) groups is 4. The Labute approximate surface area is 231 Å². The lowest BCUT2D eigenvalue weighted by molar-refractivity contribution is 0.0546. The van der Waals surface area contributed by atoms with Gasteiger partial charge < -0.3 is 37.9 Å². The summed E-state index contributed by atoms with van der Waals surface area (Å²) in [5.41, 5.74) is 2.44. The molecular weight excluding hydrogens is 520 g/mol. The second-order valence-electron chi connectivity index (χ2n) is 9.91. The van der Waals surface area contributed by atoms with Crippen molar-refractivity contribution in [1.29, 1.82) is 0 Å². The zero-order chi connectivity index (χ0) is 28.6. The minimum absolute atomic E-state index is 0.233. The topological polar surface area (TPSA) is 126 Å². The predicted octanol–water partition coefficient (Wildman–Crippen LogP) is 3.62. The molecule has 0 spiro atoms. The normalized spacial score (nSPS) is 16.1. The minimum Gasteiger partial charge on any atom is -0.451 e. The van der Waals surface area contributed by atoms with Crippen LogP contribution in [0.25, 0.3) is 21.9 Å². The van der Waals surface area contributed by atoms with E-state index in [0.29, 0.717) is 87.9 Å². The standard InChI is InChI=1S/C28H34N4O8/c1-5-37-27(35)31-11-7-29(8-12-31)25(33)23-17(3)19-15-22-20(16-21(19)39-23)18(4)24(40-22)26(34)30-9-13-32(14-10-30)28(36)38-6-2/h15-16H,5-14H2,1-4H3. The first-order valence-corrected chi connectivity index (χ1v) is 13.6. The molecule has 12 heteroatoms. The van der Waals surface area contributed by atoms with E-state index in [4.69, 9.17) is 18.3 Å². The number of furan rings is 2. The van der Waals surface area contributed by atoms with Crippen LogP contribution in [-0.4, -0.2) is 109 Å². The van der Waals surface area contributed by atoms with Gasteiger partial charge in [-0.05, 0) is 39.8 Å². The summed E-state index contributed by atoms with van der Waals surface area (Å²) in [5, 5.41) is 1.47. The van der Waals surface area contributed by atoms with Gasteiger partial charge in [0.15, 0.2) is 11.5 Å². The third kappa shape index (κ3) is 4.93. The van der Waals surface area contributed by atoms with Crippen molar-refractivity contribution in [2.45, 2.75) is 27.7 Å². The molecule has 0 N–H and O–H groups in total. The Bertz CT molecular complexity index is 1350. The molecule has 0 atom stereocenters. The molecule has 2 aliphatic heterocycles. The maximum absolute atomic E-state index is 13.3. The molecule has 0 radical (unpaired) electrons. The first-order valence-electron chi connectivity index (χ1n) is 13.6. The number of hydrogen-bond donors (Lipinski definition) is 0. The van der Waals surface area contributed by atoms with Crippen LogP contribution in [0.1, 0.15) is 46.1 Å². The molecular formula is C28H34N4O8. The van der Waals surface area contributed by atoms with E-state index < -0.39 is 0 Å². The van der Waals surface area contributed by atoms with Crippen LogP contribution in [-0.2, 0) is 9.47 Å². The molecule has 5 rings (SSSR count). The lowest BCUT2D eigenvalue weighted by atomic mass is 10.1. The third-order valence-corrected chi connectivity index (χ3v) is 7.57. The van der Waals surface area contributed by atoms with Crippen LogP contribution in [0.3, 0.4) is 0 Å². The molecule has 0 bridgehead atoms. The smallest absolute Gasteiger partial charge is 0.409 e. The van der Waals surface area contributed by atoms with E-state index in [-0.39, 0.29) is 35.5 Å². The number of hydrogen-bond acceptors (Lipinski definition) is 8. The molecule has 12 nitrogen and oxygen atoms in total. The highest BCUT2D eigenvalue weighted by Crippen LogP contribution is 2.34. The van der Waals surface area contributed by atoms with E-state index >= 15 is 0 Å². The van der Waals surface area contributed by atoms with Crippen molar-refractivity contribution < 1.29 is 37.5 Å². The summed E-state index contributed by atoms with van der Waals surface area (Å²) in [5.74, 6) is 0.0353. The predicted molar refractivity (Wildman–Crippen MR) is 144 cm³/mol. The summed E-state index contributed by atoms with van der Waals surface area (Å²) in [6.07, 6.45) is -0.742. The number of carbonyl (C=O) groups excluding carboxylic acids is 4. The Morgan fingerprint density at radius 3 is 1.27 bits per heavy atom. The molecule has 2 aromatic heterocycles. The highest BCUT2D eigenvalue weighted by Gasteiger charge is 2.31. The van der Waals surface area contributed by atoms with Crippen LogP contribution in [0.15, 0.2) is 21.0 Å². The van der Waals surface area contributed by atoms with Crippen molar-refractivity contribution in [3.63, 3.8) is 0 Å². The molecule has 2 fully saturated rings. The van der Waals surface area contributed by atoms with Crippen molar-refractivity contribution >= 4 is 45.9 Å². The summed E-state index contributed by atoms with van der Waals surface area (Å²) in [6.45, 7) is 10.9. The average Bonchev–Trinajstić information content (AvgIpc) is 3.47. The van der Waals surface area contributed by atoms with E-state index in [1.165, 1.54) is 0 Å². The fourth-order valence-corrected chi connectivity index (χ4v) is 5.24. The van der Waals surface area contributed by atoms with Gasteiger partial charge in [0.2, 0.25) is 0 Å². The zero-order valence-electron chi connectivity index (χ0n) is 23.3. The molecule has 1 aromatic carbocycles. The number of amides is 4. The Morgan fingerprint density at radius 1 is 0.625 bits per heavy atom.